The summed E-state index contributed by atoms with van der Waals surface area (Å²) in [6.07, 6.45) is 5.08. The van der Waals surface area contributed by atoms with Crippen molar-refractivity contribution in [3.63, 3.8) is 0 Å². The summed E-state index contributed by atoms with van der Waals surface area (Å²) >= 11 is 0. The van der Waals surface area contributed by atoms with Crippen LogP contribution in [0.2, 0.25) is 0 Å². The third-order valence-electron chi connectivity index (χ3n) is 2.54. The molecule has 0 aliphatic heterocycles. The Hall–Kier alpha value is -0.570. The van der Waals surface area contributed by atoms with Crippen LogP contribution in [0.15, 0.2) is 0 Å². The first-order chi connectivity index (χ1) is 6.61. The molecule has 0 aliphatic carbocycles. The Morgan fingerprint density at radius 1 is 1.29 bits per heavy atom. The maximum absolute atomic E-state index is 11.4. The van der Waals surface area contributed by atoms with Crippen molar-refractivity contribution in [3.05, 3.63) is 0 Å². The van der Waals surface area contributed by atoms with E-state index >= 15 is 0 Å². The molecule has 0 aliphatic rings. The van der Waals surface area contributed by atoms with Gasteiger partial charge < -0.3 is 10.6 Å². The lowest BCUT2D eigenvalue weighted by molar-refractivity contribution is -0.129. The Bertz CT molecular complexity index is 151. The minimum absolute atomic E-state index is 0.225. The zero-order valence-electron chi connectivity index (χ0n) is 9.75. The lowest BCUT2D eigenvalue weighted by Gasteiger charge is -2.16. The first-order valence-corrected chi connectivity index (χ1v) is 5.52. The monoisotopic (exact) mass is 200 g/mol. The minimum atomic E-state index is 0.225. The second-order valence-electron chi connectivity index (χ2n) is 4.06. The highest BCUT2D eigenvalue weighted by Gasteiger charge is 2.10. The fraction of sp³-hybridized carbons (Fsp3) is 0.909. The molecule has 0 rings (SSSR count). The van der Waals surface area contributed by atoms with Crippen molar-refractivity contribution in [2.75, 3.05) is 20.6 Å². The van der Waals surface area contributed by atoms with Crippen molar-refractivity contribution >= 4 is 5.91 Å². The molecule has 0 fully saturated rings. The van der Waals surface area contributed by atoms with E-state index in [9.17, 15) is 4.79 Å². The first-order valence-electron chi connectivity index (χ1n) is 5.52. The summed E-state index contributed by atoms with van der Waals surface area (Å²) in [5, 5.41) is 0. The molecular formula is C11H24N2O. The molecule has 0 saturated heterocycles. The summed E-state index contributed by atoms with van der Waals surface area (Å²) in [5.41, 5.74) is 5.53. The smallest absolute Gasteiger partial charge is 0.222 e. The van der Waals surface area contributed by atoms with Gasteiger partial charge in [-0.1, -0.05) is 19.8 Å². The van der Waals surface area contributed by atoms with Crippen molar-refractivity contribution < 1.29 is 4.79 Å². The standard InChI is InChI=1S/C11H24N2O/c1-4-5-10(8-9-12)6-7-11(14)13(2)3/h10H,4-9,12H2,1-3H3. The van der Waals surface area contributed by atoms with Gasteiger partial charge in [-0.25, -0.2) is 0 Å². The Labute approximate surface area is 87.6 Å². The minimum Gasteiger partial charge on any atom is -0.349 e. The van der Waals surface area contributed by atoms with Crippen molar-refractivity contribution in [2.45, 2.75) is 39.0 Å². The van der Waals surface area contributed by atoms with Gasteiger partial charge in [0, 0.05) is 20.5 Å². The van der Waals surface area contributed by atoms with Gasteiger partial charge in [0.1, 0.15) is 0 Å². The summed E-state index contributed by atoms with van der Waals surface area (Å²) < 4.78 is 0. The Balaban J connectivity index is 3.74. The maximum Gasteiger partial charge on any atom is 0.222 e. The Kier molecular flexibility index (Phi) is 7.48. The average molecular weight is 200 g/mol. The molecule has 0 aromatic heterocycles. The average Bonchev–Trinajstić information content (AvgIpc) is 2.14. The van der Waals surface area contributed by atoms with E-state index in [1.807, 2.05) is 0 Å². The lowest BCUT2D eigenvalue weighted by atomic mass is 9.94. The van der Waals surface area contributed by atoms with Gasteiger partial charge in [-0.3, -0.25) is 4.79 Å². The predicted octanol–water partition coefficient (Wildman–Crippen LogP) is 1.62. The van der Waals surface area contributed by atoms with Crippen LogP contribution in [-0.4, -0.2) is 31.4 Å². The summed E-state index contributed by atoms with van der Waals surface area (Å²) in [6.45, 7) is 2.91. The van der Waals surface area contributed by atoms with Gasteiger partial charge in [-0.15, -0.1) is 0 Å². The van der Waals surface area contributed by atoms with E-state index in [4.69, 9.17) is 5.73 Å². The molecule has 0 aromatic rings. The van der Waals surface area contributed by atoms with Crippen LogP contribution in [0, 0.1) is 5.92 Å². The molecule has 1 unspecified atom stereocenters. The summed E-state index contributed by atoms with van der Waals surface area (Å²) in [6, 6.07) is 0. The normalized spacial score (nSPS) is 12.6. The molecule has 0 radical (unpaired) electrons. The highest BCUT2D eigenvalue weighted by Crippen LogP contribution is 2.17. The van der Waals surface area contributed by atoms with E-state index in [2.05, 4.69) is 6.92 Å². The number of amides is 1. The van der Waals surface area contributed by atoms with Crippen molar-refractivity contribution in [3.8, 4) is 0 Å². The van der Waals surface area contributed by atoms with E-state index in [0.29, 0.717) is 12.3 Å². The predicted molar refractivity (Wildman–Crippen MR) is 60.0 cm³/mol. The molecule has 84 valence electrons. The van der Waals surface area contributed by atoms with Crippen molar-refractivity contribution in [1.29, 1.82) is 0 Å². The van der Waals surface area contributed by atoms with Gasteiger partial charge in [-0.2, -0.15) is 0 Å². The molecule has 1 amide bonds. The first kappa shape index (κ1) is 13.4. The van der Waals surface area contributed by atoms with Crippen LogP contribution in [0.25, 0.3) is 0 Å². The van der Waals surface area contributed by atoms with Crippen LogP contribution in [0.5, 0.6) is 0 Å². The van der Waals surface area contributed by atoms with Gasteiger partial charge in [0.05, 0.1) is 0 Å². The topological polar surface area (TPSA) is 46.3 Å². The Morgan fingerprint density at radius 3 is 2.36 bits per heavy atom. The zero-order valence-corrected chi connectivity index (χ0v) is 9.75. The van der Waals surface area contributed by atoms with Gasteiger partial charge in [0.25, 0.3) is 0 Å². The lowest BCUT2D eigenvalue weighted by Crippen LogP contribution is -2.22. The van der Waals surface area contributed by atoms with Crippen LogP contribution in [0.1, 0.15) is 39.0 Å². The molecule has 0 aromatic carbocycles. The molecule has 3 heteroatoms. The molecule has 0 bridgehead atoms. The number of hydrogen-bond acceptors (Lipinski definition) is 2. The van der Waals surface area contributed by atoms with Crippen LogP contribution < -0.4 is 5.73 Å². The van der Waals surface area contributed by atoms with Gasteiger partial charge >= 0.3 is 0 Å². The van der Waals surface area contributed by atoms with Gasteiger partial charge in [-0.05, 0) is 25.3 Å². The van der Waals surface area contributed by atoms with E-state index in [1.54, 1.807) is 19.0 Å². The van der Waals surface area contributed by atoms with Crippen molar-refractivity contribution in [2.24, 2.45) is 11.7 Å². The quantitative estimate of drug-likeness (QED) is 0.679. The number of nitrogens with two attached hydrogens (primary N) is 1. The highest BCUT2D eigenvalue weighted by molar-refractivity contribution is 5.75. The molecule has 0 spiro atoms. The molecule has 0 saturated carbocycles. The molecule has 3 nitrogen and oxygen atoms in total. The van der Waals surface area contributed by atoms with Gasteiger partial charge in [0.2, 0.25) is 5.91 Å². The summed E-state index contributed by atoms with van der Waals surface area (Å²) in [4.78, 5) is 13.0. The van der Waals surface area contributed by atoms with Crippen LogP contribution >= 0.6 is 0 Å². The molecule has 0 heterocycles. The number of hydrogen-bond donors (Lipinski definition) is 1. The summed E-state index contributed by atoms with van der Waals surface area (Å²) in [7, 11) is 3.61. The zero-order chi connectivity index (χ0) is 11.0. The number of rotatable bonds is 7. The van der Waals surface area contributed by atoms with Crippen LogP contribution in [-0.2, 0) is 4.79 Å². The Morgan fingerprint density at radius 2 is 1.93 bits per heavy atom. The van der Waals surface area contributed by atoms with Crippen LogP contribution in [0.4, 0.5) is 0 Å². The number of nitrogens with zero attached hydrogens (tertiary/aromatic N) is 1. The molecule has 14 heavy (non-hydrogen) atoms. The largest absolute Gasteiger partial charge is 0.349 e. The number of carbonyl (C=O) groups is 1. The van der Waals surface area contributed by atoms with E-state index in [1.165, 1.54) is 12.8 Å². The SMILES string of the molecule is CCCC(CCN)CCC(=O)N(C)C. The fourth-order valence-corrected chi connectivity index (χ4v) is 1.63. The third-order valence-corrected chi connectivity index (χ3v) is 2.54. The molecule has 2 N–H and O–H groups in total. The highest BCUT2D eigenvalue weighted by atomic mass is 16.2. The van der Waals surface area contributed by atoms with E-state index in [-0.39, 0.29) is 5.91 Å². The molecule has 1 atom stereocenters. The van der Waals surface area contributed by atoms with E-state index < -0.39 is 0 Å². The second-order valence-corrected chi connectivity index (χ2v) is 4.06. The van der Waals surface area contributed by atoms with Gasteiger partial charge in [0.15, 0.2) is 0 Å². The molecular weight excluding hydrogens is 176 g/mol. The van der Waals surface area contributed by atoms with Crippen molar-refractivity contribution in [1.82, 2.24) is 4.90 Å². The second kappa shape index (κ2) is 7.80. The summed E-state index contributed by atoms with van der Waals surface area (Å²) in [5.74, 6) is 0.858. The third kappa shape index (κ3) is 5.97. The van der Waals surface area contributed by atoms with Crippen LogP contribution in [0.3, 0.4) is 0 Å². The maximum atomic E-state index is 11.4. The fourth-order valence-electron chi connectivity index (χ4n) is 1.63. The van der Waals surface area contributed by atoms with E-state index in [0.717, 1.165) is 19.4 Å². The number of carbonyl (C=O) groups excluding carboxylic acids is 1.